The van der Waals surface area contributed by atoms with E-state index in [1.807, 2.05) is 0 Å². The Hall–Kier alpha value is -0.560. The Morgan fingerprint density at radius 3 is 2.50 bits per heavy atom. The highest BCUT2D eigenvalue weighted by Gasteiger charge is 2.09. The van der Waals surface area contributed by atoms with E-state index in [1.165, 1.54) is 36.8 Å². The molecular weight excluding hydrogens is 148 g/mol. The van der Waals surface area contributed by atoms with E-state index in [0.29, 0.717) is 0 Å². The van der Waals surface area contributed by atoms with Gasteiger partial charge in [0.1, 0.15) is 0 Å². The molecule has 1 aliphatic carbocycles. The molecule has 68 valence electrons. The van der Waals surface area contributed by atoms with Crippen molar-refractivity contribution < 1.29 is 5.11 Å². The Morgan fingerprint density at radius 2 is 1.92 bits per heavy atom. The van der Waals surface area contributed by atoms with Crippen LogP contribution in [0.25, 0.3) is 0 Å². The van der Waals surface area contributed by atoms with Crippen molar-refractivity contribution in [3.8, 4) is 0 Å². The van der Waals surface area contributed by atoms with Gasteiger partial charge in [-0.2, -0.15) is 0 Å². The molecule has 0 heterocycles. The molecule has 0 aromatic heterocycles. The summed E-state index contributed by atoms with van der Waals surface area (Å²) in [5.74, 6) is 0. The molecule has 0 aliphatic heterocycles. The summed E-state index contributed by atoms with van der Waals surface area (Å²) in [6.07, 6.45) is 10.3. The quantitative estimate of drug-likeness (QED) is 0.668. The molecule has 0 radical (unpaired) electrons. The Morgan fingerprint density at radius 1 is 1.25 bits per heavy atom. The summed E-state index contributed by atoms with van der Waals surface area (Å²) in [6, 6.07) is 0. The highest BCUT2D eigenvalue weighted by atomic mass is 16.2. The summed E-state index contributed by atoms with van der Waals surface area (Å²) in [5, 5.41) is 8.69. The van der Waals surface area contributed by atoms with Crippen molar-refractivity contribution in [1.29, 1.82) is 0 Å². The van der Waals surface area contributed by atoms with Crippen LogP contribution in [-0.4, -0.2) is 11.7 Å². The van der Waals surface area contributed by atoms with E-state index in [2.05, 4.69) is 19.1 Å². The van der Waals surface area contributed by atoms with Crippen molar-refractivity contribution in [3.63, 3.8) is 0 Å². The largest absolute Gasteiger partial charge is 0.396 e. The summed E-state index contributed by atoms with van der Waals surface area (Å²) in [7, 11) is 0. The normalized spacial score (nSPS) is 25.2. The van der Waals surface area contributed by atoms with Crippen molar-refractivity contribution in [2.45, 2.75) is 39.0 Å². The number of hydrogen-bond acceptors (Lipinski definition) is 1. The van der Waals surface area contributed by atoms with Crippen LogP contribution in [0, 0.1) is 0 Å². The van der Waals surface area contributed by atoms with E-state index < -0.39 is 0 Å². The van der Waals surface area contributed by atoms with Gasteiger partial charge in [0.15, 0.2) is 0 Å². The van der Waals surface area contributed by atoms with E-state index >= 15 is 0 Å². The third kappa shape index (κ3) is 2.49. The predicted molar refractivity (Wildman–Crippen MR) is 52.0 cm³/mol. The second kappa shape index (κ2) is 5.15. The van der Waals surface area contributed by atoms with Crippen molar-refractivity contribution in [2.75, 3.05) is 6.61 Å². The molecule has 1 fully saturated rings. The van der Waals surface area contributed by atoms with Crippen LogP contribution in [-0.2, 0) is 0 Å². The van der Waals surface area contributed by atoms with Crippen LogP contribution in [0.4, 0.5) is 0 Å². The first-order valence-corrected chi connectivity index (χ1v) is 4.84. The Balaban J connectivity index is 2.59. The van der Waals surface area contributed by atoms with Gasteiger partial charge in [0.2, 0.25) is 0 Å². The lowest BCUT2D eigenvalue weighted by molar-refractivity contribution is 0.302. The van der Waals surface area contributed by atoms with E-state index in [1.54, 1.807) is 0 Å². The van der Waals surface area contributed by atoms with Gasteiger partial charge >= 0.3 is 0 Å². The second-order valence-corrected chi connectivity index (χ2v) is 3.26. The van der Waals surface area contributed by atoms with Gasteiger partial charge < -0.3 is 5.11 Å². The lowest BCUT2D eigenvalue weighted by Gasteiger charge is -2.17. The van der Waals surface area contributed by atoms with E-state index in [4.69, 9.17) is 5.11 Å². The maximum atomic E-state index is 8.69. The topological polar surface area (TPSA) is 20.2 Å². The molecule has 12 heavy (non-hydrogen) atoms. The molecule has 0 unspecified atom stereocenters. The van der Waals surface area contributed by atoms with Crippen LogP contribution >= 0.6 is 0 Å². The fourth-order valence-electron chi connectivity index (χ4n) is 1.75. The van der Waals surface area contributed by atoms with Crippen molar-refractivity contribution in [2.24, 2.45) is 0 Å². The minimum Gasteiger partial charge on any atom is -0.396 e. The third-order valence-corrected chi connectivity index (χ3v) is 2.42. The zero-order valence-corrected chi connectivity index (χ0v) is 7.84. The molecule has 0 aromatic carbocycles. The summed E-state index contributed by atoms with van der Waals surface area (Å²) < 4.78 is 0. The zero-order chi connectivity index (χ0) is 8.81. The predicted octanol–water partition coefficient (Wildman–Crippen LogP) is 2.82. The summed E-state index contributed by atoms with van der Waals surface area (Å²) in [5.41, 5.74) is 2.97. The molecule has 1 rings (SSSR count). The number of aliphatic hydroxyl groups is 1. The molecule has 0 spiro atoms. The molecule has 0 aromatic rings. The lowest BCUT2D eigenvalue weighted by Crippen LogP contribution is -1.98. The smallest absolute Gasteiger partial charge is 0.0465 e. The van der Waals surface area contributed by atoms with Crippen LogP contribution in [0.5, 0.6) is 0 Å². The van der Waals surface area contributed by atoms with Gasteiger partial charge in [-0.05, 0) is 50.2 Å². The van der Waals surface area contributed by atoms with E-state index in [0.717, 1.165) is 6.42 Å². The van der Waals surface area contributed by atoms with Crippen LogP contribution < -0.4 is 0 Å². The van der Waals surface area contributed by atoms with Gasteiger partial charge in [0, 0.05) is 6.61 Å². The highest BCUT2D eigenvalue weighted by molar-refractivity contribution is 5.32. The van der Waals surface area contributed by atoms with Crippen LogP contribution in [0.15, 0.2) is 23.3 Å². The third-order valence-electron chi connectivity index (χ3n) is 2.42. The van der Waals surface area contributed by atoms with Crippen LogP contribution in [0.3, 0.4) is 0 Å². The molecule has 0 saturated heterocycles. The Kier molecular flexibility index (Phi) is 4.09. The number of aliphatic hydroxyl groups excluding tert-OH is 1. The van der Waals surface area contributed by atoms with Crippen molar-refractivity contribution in [1.82, 2.24) is 0 Å². The molecular formula is C11H18O. The lowest BCUT2D eigenvalue weighted by atomic mass is 9.89. The first kappa shape index (κ1) is 9.53. The molecule has 1 nitrogen and oxygen atoms in total. The van der Waals surface area contributed by atoms with Gasteiger partial charge in [-0.15, -0.1) is 0 Å². The van der Waals surface area contributed by atoms with E-state index in [-0.39, 0.29) is 6.61 Å². The molecule has 1 heteroatoms. The summed E-state index contributed by atoms with van der Waals surface area (Å²) >= 11 is 0. The maximum Gasteiger partial charge on any atom is 0.0465 e. The van der Waals surface area contributed by atoms with Crippen molar-refractivity contribution in [3.05, 3.63) is 23.3 Å². The summed E-state index contributed by atoms with van der Waals surface area (Å²) in [4.78, 5) is 0. The SMILES string of the molecule is C/C=C1\CCCC\C1=C/CCO. The monoisotopic (exact) mass is 166 g/mol. The van der Waals surface area contributed by atoms with Crippen LogP contribution in [0.1, 0.15) is 39.0 Å². The maximum absolute atomic E-state index is 8.69. The first-order valence-electron chi connectivity index (χ1n) is 4.84. The van der Waals surface area contributed by atoms with Gasteiger partial charge in [0.25, 0.3) is 0 Å². The molecule has 1 N–H and O–H groups in total. The minimum atomic E-state index is 0.278. The van der Waals surface area contributed by atoms with E-state index in [9.17, 15) is 0 Å². The fourth-order valence-corrected chi connectivity index (χ4v) is 1.75. The van der Waals surface area contributed by atoms with Gasteiger partial charge in [-0.25, -0.2) is 0 Å². The van der Waals surface area contributed by atoms with Gasteiger partial charge in [-0.1, -0.05) is 12.2 Å². The number of rotatable bonds is 2. The average Bonchev–Trinajstić information content (AvgIpc) is 2.15. The number of hydrogen-bond donors (Lipinski definition) is 1. The summed E-state index contributed by atoms with van der Waals surface area (Å²) in [6.45, 7) is 2.38. The highest BCUT2D eigenvalue weighted by Crippen LogP contribution is 2.28. The molecule has 0 bridgehead atoms. The minimum absolute atomic E-state index is 0.278. The standard InChI is InChI=1S/C11H18O/c1-2-10-6-3-4-7-11(10)8-5-9-12/h2,8,12H,3-7,9H2,1H3/b10-2+,11-8+. The van der Waals surface area contributed by atoms with Crippen LogP contribution in [0.2, 0.25) is 0 Å². The Bertz CT molecular complexity index is 189. The zero-order valence-electron chi connectivity index (χ0n) is 7.84. The molecule has 1 aliphatic rings. The van der Waals surface area contributed by atoms with Gasteiger partial charge in [-0.3, -0.25) is 0 Å². The Labute approximate surface area is 74.8 Å². The molecule has 1 saturated carbocycles. The fraction of sp³-hybridized carbons (Fsp3) is 0.636. The average molecular weight is 166 g/mol. The molecule has 0 amide bonds. The van der Waals surface area contributed by atoms with Crippen molar-refractivity contribution >= 4 is 0 Å². The first-order chi connectivity index (χ1) is 5.88. The second-order valence-electron chi connectivity index (χ2n) is 3.26. The molecule has 0 atom stereocenters. The van der Waals surface area contributed by atoms with Gasteiger partial charge in [0.05, 0.1) is 0 Å². The number of allylic oxidation sites excluding steroid dienone is 3.